The Morgan fingerprint density at radius 1 is 1.22 bits per heavy atom. The quantitative estimate of drug-likeness (QED) is 0.556. The summed E-state index contributed by atoms with van der Waals surface area (Å²) in [7, 11) is 0. The molecule has 27 heavy (non-hydrogen) atoms. The molecular weight excluding hydrogens is 368 g/mol. The van der Waals surface area contributed by atoms with Gasteiger partial charge in [-0.1, -0.05) is 19.9 Å². The highest BCUT2D eigenvalue weighted by Gasteiger charge is 2.69. The van der Waals surface area contributed by atoms with Gasteiger partial charge in [-0.2, -0.15) is 0 Å². The molecule has 7 heteroatoms. The second-order valence-electron chi connectivity index (χ2n) is 8.66. The van der Waals surface area contributed by atoms with E-state index in [1.54, 1.807) is 6.07 Å². The summed E-state index contributed by atoms with van der Waals surface area (Å²) in [6.07, 6.45) is 2.62. The summed E-state index contributed by atoms with van der Waals surface area (Å²) in [5.41, 5.74) is -0.626. The van der Waals surface area contributed by atoms with Crippen LogP contribution in [0, 0.1) is 23.7 Å². The largest absolute Gasteiger partial charge is 0.431 e. The van der Waals surface area contributed by atoms with Gasteiger partial charge in [-0.25, -0.2) is 14.6 Å². The van der Waals surface area contributed by atoms with Crippen LogP contribution in [0.25, 0.3) is 0 Å². The smallest absolute Gasteiger partial charge is 0.350 e. The van der Waals surface area contributed by atoms with Gasteiger partial charge in [0.05, 0.1) is 0 Å². The lowest BCUT2D eigenvalue weighted by molar-refractivity contribution is -0.576. The lowest BCUT2D eigenvalue weighted by Gasteiger charge is -2.59. The number of esters is 1. The molecular formula is C20H26O6S. The molecule has 6 rings (SSSR count). The first kappa shape index (κ1) is 18.1. The van der Waals surface area contributed by atoms with Gasteiger partial charge in [0, 0.05) is 18.3 Å². The second kappa shape index (κ2) is 6.26. The molecule has 0 amide bonds. The van der Waals surface area contributed by atoms with Gasteiger partial charge in [0.2, 0.25) is 12.1 Å². The zero-order valence-electron chi connectivity index (χ0n) is 15.9. The van der Waals surface area contributed by atoms with E-state index in [0.717, 1.165) is 25.7 Å². The topological polar surface area (TPSA) is 63.2 Å². The number of carbonyl (C=O) groups is 1. The number of hydrogen-bond acceptors (Lipinski definition) is 7. The van der Waals surface area contributed by atoms with Gasteiger partial charge < -0.3 is 14.2 Å². The molecule has 1 aromatic heterocycles. The minimum atomic E-state index is -0.819. The molecule has 148 valence electrons. The molecule has 1 saturated carbocycles. The zero-order valence-corrected chi connectivity index (χ0v) is 16.7. The van der Waals surface area contributed by atoms with Crippen LogP contribution in [-0.2, 0) is 24.0 Å². The van der Waals surface area contributed by atoms with Gasteiger partial charge >= 0.3 is 5.97 Å². The van der Waals surface area contributed by atoms with Crippen molar-refractivity contribution in [3.05, 3.63) is 22.4 Å². The van der Waals surface area contributed by atoms with Gasteiger partial charge in [-0.05, 0) is 49.5 Å². The van der Waals surface area contributed by atoms with Crippen LogP contribution < -0.4 is 0 Å². The summed E-state index contributed by atoms with van der Waals surface area (Å²) in [5, 5.41) is 1.86. The summed E-state index contributed by atoms with van der Waals surface area (Å²) in [6.45, 7) is 6.26. The van der Waals surface area contributed by atoms with Crippen LogP contribution in [0.5, 0.6) is 0 Å². The standard InChI is InChI=1S/C20H26O6S/c1-11-6-7-14-12(2)17(22-16(21)15-5-4-10-27-15)23-18-20(14)13(11)8-9-19(3,24-18)25-26-20/h4-5,10-14,17-18H,6-9H2,1-3H3/t11-,12-,13-,14-,17-,18-,19-,20-/m1/s1. The Hall–Kier alpha value is -0.990. The van der Waals surface area contributed by atoms with E-state index >= 15 is 0 Å². The molecule has 1 spiro atoms. The van der Waals surface area contributed by atoms with E-state index in [0.29, 0.717) is 16.7 Å². The van der Waals surface area contributed by atoms with E-state index in [4.69, 9.17) is 24.0 Å². The SMILES string of the molecule is C[C@H]1[C@H](OC(=O)c2cccs2)O[C@@H]2O[C@@]3(C)CC[C@@H]4[C@H](C)CC[C@H]1[C@@]24OO3. The molecule has 6 nitrogen and oxygen atoms in total. The van der Waals surface area contributed by atoms with Crippen molar-refractivity contribution in [3.63, 3.8) is 0 Å². The molecule has 0 unspecified atom stereocenters. The maximum Gasteiger partial charge on any atom is 0.350 e. The highest BCUT2D eigenvalue weighted by Crippen LogP contribution is 2.60. The molecule has 4 saturated heterocycles. The van der Waals surface area contributed by atoms with E-state index < -0.39 is 24.0 Å². The summed E-state index contributed by atoms with van der Waals surface area (Å²) in [6, 6.07) is 3.61. The number of thiophene rings is 1. The fourth-order valence-corrected chi connectivity index (χ4v) is 6.17. The van der Waals surface area contributed by atoms with Crippen molar-refractivity contribution >= 4 is 17.3 Å². The summed E-state index contributed by atoms with van der Waals surface area (Å²) >= 11 is 1.37. The van der Waals surface area contributed by atoms with Crippen LogP contribution in [0.15, 0.2) is 17.5 Å². The average molecular weight is 394 g/mol. The first-order valence-corrected chi connectivity index (χ1v) is 10.8. The monoisotopic (exact) mass is 394 g/mol. The first-order valence-electron chi connectivity index (χ1n) is 9.87. The molecule has 5 aliphatic rings. The van der Waals surface area contributed by atoms with Crippen molar-refractivity contribution in [3.8, 4) is 0 Å². The maximum absolute atomic E-state index is 12.5. The third-order valence-corrected chi connectivity index (χ3v) is 7.89. The predicted octanol–water partition coefficient (Wildman–Crippen LogP) is 4.11. The predicted molar refractivity (Wildman–Crippen MR) is 96.6 cm³/mol. The zero-order chi connectivity index (χ0) is 18.8. The van der Waals surface area contributed by atoms with Gasteiger partial charge in [-0.3, -0.25) is 0 Å². The van der Waals surface area contributed by atoms with Crippen molar-refractivity contribution in [2.45, 2.75) is 70.4 Å². The Labute approximate surface area is 163 Å². The van der Waals surface area contributed by atoms with E-state index in [-0.39, 0.29) is 17.8 Å². The van der Waals surface area contributed by atoms with Gasteiger partial charge in [0.1, 0.15) is 4.88 Å². The Kier molecular flexibility index (Phi) is 4.19. The number of carbonyl (C=O) groups excluding carboxylic acids is 1. The third kappa shape index (κ3) is 2.63. The summed E-state index contributed by atoms with van der Waals surface area (Å²) in [4.78, 5) is 25.0. The lowest BCUT2D eigenvalue weighted by Crippen LogP contribution is -2.70. The van der Waals surface area contributed by atoms with E-state index in [2.05, 4.69) is 13.8 Å². The van der Waals surface area contributed by atoms with Gasteiger partial charge in [0.15, 0.2) is 11.9 Å². The van der Waals surface area contributed by atoms with Crippen LogP contribution >= 0.6 is 11.3 Å². The van der Waals surface area contributed by atoms with Crippen LogP contribution in [0.1, 0.15) is 56.1 Å². The molecule has 4 aliphatic heterocycles. The van der Waals surface area contributed by atoms with Crippen molar-refractivity contribution in [1.29, 1.82) is 0 Å². The van der Waals surface area contributed by atoms with Crippen LogP contribution in [0.2, 0.25) is 0 Å². The van der Waals surface area contributed by atoms with E-state index in [1.165, 1.54) is 11.3 Å². The minimum Gasteiger partial charge on any atom is -0.431 e. The second-order valence-corrected chi connectivity index (χ2v) is 9.60. The first-order chi connectivity index (χ1) is 12.9. The fraction of sp³-hybridized carbons (Fsp3) is 0.750. The molecule has 5 heterocycles. The lowest BCUT2D eigenvalue weighted by atomic mass is 9.58. The fourth-order valence-electron chi connectivity index (χ4n) is 5.56. The van der Waals surface area contributed by atoms with Crippen LogP contribution in [-0.4, -0.2) is 29.9 Å². The summed E-state index contributed by atoms with van der Waals surface area (Å²) < 4.78 is 18.3. The third-order valence-electron chi connectivity index (χ3n) is 7.04. The number of rotatable bonds is 2. The summed E-state index contributed by atoms with van der Waals surface area (Å²) in [5.74, 6) is -0.198. The Balaban J connectivity index is 1.47. The van der Waals surface area contributed by atoms with E-state index in [1.807, 2.05) is 18.4 Å². The Bertz CT molecular complexity index is 722. The average Bonchev–Trinajstić information content (AvgIpc) is 3.09. The van der Waals surface area contributed by atoms with Crippen molar-refractivity contribution in [2.24, 2.45) is 23.7 Å². The molecule has 0 radical (unpaired) electrons. The van der Waals surface area contributed by atoms with Gasteiger partial charge in [0.25, 0.3) is 0 Å². The van der Waals surface area contributed by atoms with Crippen molar-refractivity contribution < 1.29 is 28.8 Å². The van der Waals surface area contributed by atoms with Crippen molar-refractivity contribution in [2.75, 3.05) is 0 Å². The maximum atomic E-state index is 12.5. The molecule has 1 aliphatic carbocycles. The normalized spacial score (nSPS) is 48.6. The van der Waals surface area contributed by atoms with Crippen LogP contribution in [0.3, 0.4) is 0 Å². The molecule has 8 atom stereocenters. The molecule has 5 fully saturated rings. The molecule has 0 N–H and O–H groups in total. The van der Waals surface area contributed by atoms with Crippen LogP contribution in [0.4, 0.5) is 0 Å². The van der Waals surface area contributed by atoms with E-state index in [9.17, 15) is 4.79 Å². The number of hydrogen-bond donors (Lipinski definition) is 0. The molecule has 1 aromatic rings. The minimum absolute atomic E-state index is 0.00480. The van der Waals surface area contributed by atoms with Gasteiger partial charge in [-0.15, -0.1) is 11.3 Å². The molecule has 2 bridgehead atoms. The number of ether oxygens (including phenoxy) is 3. The van der Waals surface area contributed by atoms with Crippen molar-refractivity contribution in [1.82, 2.24) is 0 Å². The highest BCUT2D eigenvalue weighted by atomic mass is 32.1. The Morgan fingerprint density at radius 3 is 2.85 bits per heavy atom. The molecule has 0 aromatic carbocycles. The Morgan fingerprint density at radius 2 is 2.07 bits per heavy atom. The number of fused-ring (bicyclic) bond motifs is 2. The highest BCUT2D eigenvalue weighted by molar-refractivity contribution is 7.11.